The molecular formula is C22H16N2O5S. The Hall–Kier alpha value is -3.96. The maximum atomic E-state index is 12.7. The van der Waals surface area contributed by atoms with E-state index in [0.717, 1.165) is 17.0 Å². The summed E-state index contributed by atoms with van der Waals surface area (Å²) in [6, 6.07) is 14.2. The Kier molecular flexibility index (Phi) is 6.57. The number of rotatable bonds is 5. The van der Waals surface area contributed by atoms with Gasteiger partial charge in [-0.15, -0.1) is 11.3 Å². The summed E-state index contributed by atoms with van der Waals surface area (Å²) >= 11 is 1.53. The Morgan fingerprint density at radius 1 is 1.10 bits per heavy atom. The van der Waals surface area contributed by atoms with Gasteiger partial charge in [0.1, 0.15) is 0 Å². The van der Waals surface area contributed by atoms with Crippen molar-refractivity contribution in [3.8, 4) is 11.8 Å². The van der Waals surface area contributed by atoms with Gasteiger partial charge in [-0.1, -0.05) is 24.0 Å². The van der Waals surface area contributed by atoms with Crippen LogP contribution in [-0.2, 0) is 4.74 Å². The molecule has 7 nitrogen and oxygen atoms in total. The molecule has 0 aliphatic carbocycles. The second-order valence-corrected chi connectivity index (χ2v) is 6.96. The van der Waals surface area contributed by atoms with Crippen molar-refractivity contribution >= 4 is 34.6 Å². The van der Waals surface area contributed by atoms with E-state index in [1.165, 1.54) is 17.4 Å². The molecule has 0 aliphatic heterocycles. The maximum Gasteiger partial charge on any atom is 0.338 e. The van der Waals surface area contributed by atoms with Crippen LogP contribution in [0.4, 0.5) is 11.4 Å². The van der Waals surface area contributed by atoms with Crippen LogP contribution in [0.1, 0.15) is 38.1 Å². The molecule has 1 heterocycles. The van der Waals surface area contributed by atoms with Crippen LogP contribution in [0.15, 0.2) is 60.0 Å². The average molecular weight is 420 g/mol. The summed E-state index contributed by atoms with van der Waals surface area (Å²) in [7, 11) is 0. The van der Waals surface area contributed by atoms with Gasteiger partial charge in [-0.25, -0.2) is 4.79 Å². The topological polar surface area (TPSA) is 98.5 Å². The number of esters is 1. The van der Waals surface area contributed by atoms with Gasteiger partial charge in [0.2, 0.25) is 0 Å². The third-order valence-corrected chi connectivity index (χ3v) is 4.66. The second kappa shape index (κ2) is 9.49. The predicted octanol–water partition coefficient (Wildman–Crippen LogP) is 4.49. The van der Waals surface area contributed by atoms with Gasteiger partial charge in [0.25, 0.3) is 11.6 Å². The summed E-state index contributed by atoms with van der Waals surface area (Å²) < 4.78 is 4.88. The number of ether oxygens (including phenoxy) is 1. The van der Waals surface area contributed by atoms with E-state index in [4.69, 9.17) is 4.74 Å². The summed E-state index contributed by atoms with van der Waals surface area (Å²) in [6.07, 6.45) is 0. The van der Waals surface area contributed by atoms with Crippen molar-refractivity contribution in [2.24, 2.45) is 0 Å². The molecule has 0 fully saturated rings. The van der Waals surface area contributed by atoms with Crippen LogP contribution in [0.2, 0.25) is 0 Å². The Labute approximate surface area is 176 Å². The van der Waals surface area contributed by atoms with Crippen molar-refractivity contribution in [1.82, 2.24) is 0 Å². The average Bonchev–Trinajstić information content (AvgIpc) is 3.26. The molecule has 1 aromatic heterocycles. The molecule has 0 spiro atoms. The summed E-state index contributed by atoms with van der Waals surface area (Å²) in [5.41, 5.74) is 0.713. The van der Waals surface area contributed by atoms with Gasteiger partial charge >= 0.3 is 5.97 Å². The molecule has 150 valence electrons. The molecule has 0 saturated heterocycles. The highest BCUT2D eigenvalue weighted by Crippen LogP contribution is 2.20. The molecule has 0 saturated carbocycles. The fourth-order valence-corrected chi connectivity index (χ4v) is 3.11. The highest BCUT2D eigenvalue weighted by molar-refractivity contribution is 7.10. The molecule has 1 N–H and O–H groups in total. The Morgan fingerprint density at radius 2 is 1.90 bits per heavy atom. The third kappa shape index (κ3) is 5.31. The van der Waals surface area contributed by atoms with Crippen LogP contribution in [0.25, 0.3) is 0 Å². The Balaban J connectivity index is 1.84. The Morgan fingerprint density at radius 3 is 2.60 bits per heavy atom. The zero-order valence-electron chi connectivity index (χ0n) is 15.9. The van der Waals surface area contributed by atoms with E-state index in [0.29, 0.717) is 11.3 Å². The van der Waals surface area contributed by atoms with Crippen LogP contribution in [0.5, 0.6) is 0 Å². The lowest BCUT2D eigenvalue weighted by atomic mass is 10.1. The number of anilines is 1. The minimum atomic E-state index is -0.735. The van der Waals surface area contributed by atoms with E-state index < -0.39 is 16.8 Å². The summed E-state index contributed by atoms with van der Waals surface area (Å²) in [4.78, 5) is 36.1. The smallest absolute Gasteiger partial charge is 0.338 e. The van der Waals surface area contributed by atoms with Gasteiger partial charge in [-0.2, -0.15) is 0 Å². The van der Waals surface area contributed by atoms with Gasteiger partial charge in [0, 0.05) is 28.9 Å². The summed E-state index contributed by atoms with van der Waals surface area (Å²) in [5, 5.41) is 15.8. The highest BCUT2D eigenvalue weighted by atomic mass is 32.1. The summed E-state index contributed by atoms with van der Waals surface area (Å²) in [5.74, 6) is 4.73. The molecule has 1 amide bonds. The first-order chi connectivity index (χ1) is 14.5. The molecule has 0 unspecified atom stereocenters. The van der Waals surface area contributed by atoms with Gasteiger partial charge in [0.05, 0.1) is 22.0 Å². The monoisotopic (exact) mass is 420 g/mol. The van der Waals surface area contributed by atoms with Crippen LogP contribution in [0.3, 0.4) is 0 Å². The van der Waals surface area contributed by atoms with E-state index in [1.807, 2.05) is 23.6 Å². The van der Waals surface area contributed by atoms with Crippen LogP contribution in [-0.4, -0.2) is 23.4 Å². The number of non-ortho nitro benzene ring substituents is 1. The van der Waals surface area contributed by atoms with Crippen LogP contribution in [0, 0.1) is 22.0 Å². The lowest BCUT2D eigenvalue weighted by Gasteiger charge is -2.08. The normalized spacial score (nSPS) is 9.90. The zero-order valence-corrected chi connectivity index (χ0v) is 16.7. The van der Waals surface area contributed by atoms with E-state index in [-0.39, 0.29) is 23.4 Å². The number of nitrogens with one attached hydrogen (secondary N) is 1. The number of carbonyl (C=O) groups excluding carboxylic acids is 2. The quantitative estimate of drug-likeness (QED) is 0.284. The molecule has 0 radical (unpaired) electrons. The van der Waals surface area contributed by atoms with Crippen molar-refractivity contribution in [1.29, 1.82) is 0 Å². The third-order valence-electron chi connectivity index (χ3n) is 3.87. The van der Waals surface area contributed by atoms with Crippen molar-refractivity contribution in [2.45, 2.75) is 6.92 Å². The van der Waals surface area contributed by atoms with Gasteiger partial charge in [0.15, 0.2) is 0 Å². The molecule has 0 atom stereocenters. The largest absolute Gasteiger partial charge is 0.462 e. The van der Waals surface area contributed by atoms with Crippen LogP contribution >= 0.6 is 11.3 Å². The van der Waals surface area contributed by atoms with Crippen LogP contribution < -0.4 is 5.32 Å². The number of amides is 1. The van der Waals surface area contributed by atoms with E-state index in [1.54, 1.807) is 25.1 Å². The Bertz CT molecular complexity index is 1160. The SMILES string of the molecule is CCOC(=O)c1cc(C(=O)Nc2cccc(C#Cc3cccs3)c2)cc([N+](=O)[O-])c1. The number of benzene rings is 2. The number of thiophene rings is 1. The fraction of sp³-hybridized carbons (Fsp3) is 0.0909. The zero-order chi connectivity index (χ0) is 21.5. The number of nitro benzene ring substituents is 1. The maximum absolute atomic E-state index is 12.7. The lowest BCUT2D eigenvalue weighted by molar-refractivity contribution is -0.384. The van der Waals surface area contributed by atoms with Crippen molar-refractivity contribution < 1.29 is 19.2 Å². The van der Waals surface area contributed by atoms with Crippen molar-refractivity contribution in [2.75, 3.05) is 11.9 Å². The first kappa shape index (κ1) is 20.8. The van der Waals surface area contributed by atoms with E-state index in [9.17, 15) is 19.7 Å². The first-order valence-electron chi connectivity index (χ1n) is 8.90. The molecule has 0 bridgehead atoms. The molecule has 8 heteroatoms. The fourth-order valence-electron chi connectivity index (χ4n) is 2.54. The minimum absolute atomic E-state index is 0.0256. The number of carbonyl (C=O) groups is 2. The van der Waals surface area contributed by atoms with Gasteiger partial charge < -0.3 is 10.1 Å². The molecule has 0 aliphatic rings. The number of nitro groups is 1. The second-order valence-electron chi connectivity index (χ2n) is 6.01. The number of hydrogen-bond acceptors (Lipinski definition) is 6. The first-order valence-corrected chi connectivity index (χ1v) is 9.78. The van der Waals surface area contributed by atoms with Gasteiger partial charge in [-0.05, 0) is 42.6 Å². The minimum Gasteiger partial charge on any atom is -0.462 e. The lowest BCUT2D eigenvalue weighted by Crippen LogP contribution is -2.14. The molecule has 30 heavy (non-hydrogen) atoms. The number of nitrogens with zero attached hydrogens (tertiary/aromatic N) is 1. The predicted molar refractivity (Wildman–Crippen MR) is 114 cm³/mol. The van der Waals surface area contributed by atoms with Crippen molar-refractivity contribution in [3.05, 3.63) is 91.7 Å². The standard InChI is InChI=1S/C22H16N2O5S/c1-2-29-22(26)17-12-16(13-19(14-17)24(27)28)21(25)23-18-6-3-5-15(11-18)8-9-20-7-4-10-30-20/h3-7,10-14H,2H2,1H3,(H,23,25). The van der Waals surface area contributed by atoms with E-state index in [2.05, 4.69) is 17.2 Å². The van der Waals surface area contributed by atoms with Gasteiger partial charge in [-0.3, -0.25) is 14.9 Å². The highest BCUT2D eigenvalue weighted by Gasteiger charge is 2.19. The van der Waals surface area contributed by atoms with Crippen molar-refractivity contribution in [3.63, 3.8) is 0 Å². The van der Waals surface area contributed by atoms with E-state index >= 15 is 0 Å². The molecular weight excluding hydrogens is 404 g/mol. The molecule has 3 rings (SSSR count). The molecule has 3 aromatic rings. The molecule has 2 aromatic carbocycles. The summed E-state index contributed by atoms with van der Waals surface area (Å²) in [6.45, 7) is 1.74. The number of hydrogen-bond donors (Lipinski definition) is 1.